The Hall–Kier alpha value is -2.37. The third-order valence-corrected chi connectivity index (χ3v) is 3.93. The van der Waals surface area contributed by atoms with Crippen molar-refractivity contribution in [1.82, 2.24) is 5.32 Å². The number of ether oxygens (including phenoxy) is 1. The molecule has 2 amide bonds. The van der Waals surface area contributed by atoms with E-state index in [0.29, 0.717) is 12.3 Å². The molecule has 144 valence electrons. The molecule has 0 aliphatic heterocycles. The third kappa shape index (κ3) is 7.68. The van der Waals surface area contributed by atoms with Gasteiger partial charge in [0.25, 0.3) is 5.91 Å². The first kappa shape index (κ1) is 21.7. The summed E-state index contributed by atoms with van der Waals surface area (Å²) in [6.45, 7) is 9.45. The van der Waals surface area contributed by atoms with Crippen molar-refractivity contribution in [1.29, 1.82) is 0 Å². The first-order chi connectivity index (χ1) is 12.2. The van der Waals surface area contributed by atoms with Gasteiger partial charge in [-0.25, -0.2) is 0 Å². The standard InChI is InChI=1S/C20H30N2O4/c1-13(2)9-10-17(23)21-11-19(25)26-12-18(24)22-20-15(5)7-6-8-16(20)14(3)4/h6-8,13-14H,9-12H2,1-5H3,(H,21,23)(H,22,24). The maximum atomic E-state index is 12.1. The molecule has 0 heterocycles. The van der Waals surface area contributed by atoms with E-state index in [1.807, 2.05) is 52.8 Å². The molecule has 6 heteroatoms. The number of hydrogen-bond acceptors (Lipinski definition) is 4. The molecule has 2 N–H and O–H groups in total. The topological polar surface area (TPSA) is 84.5 Å². The Morgan fingerprint density at radius 1 is 1.08 bits per heavy atom. The number of carbonyl (C=O) groups is 3. The van der Waals surface area contributed by atoms with Crippen molar-refractivity contribution >= 4 is 23.5 Å². The van der Waals surface area contributed by atoms with Gasteiger partial charge in [-0.1, -0.05) is 45.9 Å². The number of esters is 1. The molecule has 0 atom stereocenters. The zero-order chi connectivity index (χ0) is 19.7. The minimum absolute atomic E-state index is 0.193. The quantitative estimate of drug-likeness (QED) is 0.661. The van der Waals surface area contributed by atoms with Gasteiger partial charge in [-0.2, -0.15) is 0 Å². The summed E-state index contributed by atoms with van der Waals surface area (Å²) in [6.07, 6.45) is 1.13. The molecule has 1 rings (SSSR count). The Bertz CT molecular complexity index is 639. The van der Waals surface area contributed by atoms with Crippen molar-refractivity contribution in [3.63, 3.8) is 0 Å². The SMILES string of the molecule is Cc1cccc(C(C)C)c1NC(=O)COC(=O)CNC(=O)CCC(C)C. The fourth-order valence-corrected chi connectivity index (χ4v) is 2.39. The molecule has 0 spiro atoms. The molecule has 0 fully saturated rings. The summed E-state index contributed by atoms with van der Waals surface area (Å²) in [6, 6.07) is 5.83. The molecule has 0 unspecified atom stereocenters. The maximum Gasteiger partial charge on any atom is 0.325 e. The maximum absolute atomic E-state index is 12.1. The van der Waals surface area contributed by atoms with Crippen LogP contribution in [0.15, 0.2) is 18.2 Å². The van der Waals surface area contributed by atoms with E-state index < -0.39 is 11.9 Å². The molecule has 0 bridgehead atoms. The molecular formula is C20H30N2O4. The van der Waals surface area contributed by atoms with Crippen molar-refractivity contribution in [2.24, 2.45) is 5.92 Å². The van der Waals surface area contributed by atoms with Crippen molar-refractivity contribution in [3.05, 3.63) is 29.3 Å². The van der Waals surface area contributed by atoms with E-state index in [1.165, 1.54) is 0 Å². The number of carbonyl (C=O) groups excluding carboxylic acids is 3. The van der Waals surface area contributed by atoms with Gasteiger partial charge in [-0.3, -0.25) is 14.4 Å². The second-order valence-electron chi connectivity index (χ2n) is 7.11. The highest BCUT2D eigenvalue weighted by molar-refractivity contribution is 5.94. The van der Waals surface area contributed by atoms with Crippen molar-refractivity contribution in [2.75, 3.05) is 18.5 Å². The number of amides is 2. The van der Waals surface area contributed by atoms with Crippen molar-refractivity contribution in [2.45, 2.75) is 53.4 Å². The van der Waals surface area contributed by atoms with Gasteiger partial charge >= 0.3 is 5.97 Å². The number of anilines is 1. The molecule has 6 nitrogen and oxygen atoms in total. The molecule has 1 aromatic rings. The van der Waals surface area contributed by atoms with Crippen LogP contribution in [0.2, 0.25) is 0 Å². The molecule has 0 aliphatic rings. The van der Waals surface area contributed by atoms with Crippen molar-refractivity contribution < 1.29 is 19.1 Å². The van der Waals surface area contributed by atoms with E-state index in [0.717, 1.165) is 23.2 Å². The van der Waals surface area contributed by atoms with Crippen LogP contribution in [0.4, 0.5) is 5.69 Å². The lowest BCUT2D eigenvalue weighted by Crippen LogP contribution is -2.32. The Morgan fingerprint density at radius 2 is 1.77 bits per heavy atom. The number of nitrogens with one attached hydrogen (secondary N) is 2. The third-order valence-electron chi connectivity index (χ3n) is 3.93. The summed E-state index contributed by atoms with van der Waals surface area (Å²) in [7, 11) is 0. The summed E-state index contributed by atoms with van der Waals surface area (Å²) < 4.78 is 4.93. The predicted molar refractivity (Wildman–Crippen MR) is 102 cm³/mol. The minimum Gasteiger partial charge on any atom is -0.454 e. The van der Waals surface area contributed by atoms with E-state index >= 15 is 0 Å². The normalized spacial score (nSPS) is 10.7. The fraction of sp³-hybridized carbons (Fsp3) is 0.550. The summed E-state index contributed by atoms with van der Waals surface area (Å²) in [5, 5.41) is 5.31. The van der Waals surface area contributed by atoms with Gasteiger partial charge in [-0.15, -0.1) is 0 Å². The number of hydrogen-bond donors (Lipinski definition) is 2. The first-order valence-corrected chi connectivity index (χ1v) is 9.02. The van der Waals surface area contributed by atoms with Gasteiger partial charge in [0, 0.05) is 12.1 Å². The van der Waals surface area contributed by atoms with Gasteiger partial charge in [0.2, 0.25) is 5.91 Å². The van der Waals surface area contributed by atoms with Crippen LogP contribution in [0.25, 0.3) is 0 Å². The molecule has 0 radical (unpaired) electrons. The van der Waals surface area contributed by atoms with E-state index in [9.17, 15) is 14.4 Å². The fourth-order valence-electron chi connectivity index (χ4n) is 2.39. The average molecular weight is 362 g/mol. The highest BCUT2D eigenvalue weighted by Gasteiger charge is 2.14. The second-order valence-corrected chi connectivity index (χ2v) is 7.11. The van der Waals surface area contributed by atoms with Crippen LogP contribution in [-0.2, 0) is 19.1 Å². The van der Waals surface area contributed by atoms with Gasteiger partial charge in [0.15, 0.2) is 6.61 Å². The lowest BCUT2D eigenvalue weighted by atomic mass is 9.98. The lowest BCUT2D eigenvalue weighted by Gasteiger charge is -2.16. The Kier molecular flexibility index (Phi) is 8.82. The van der Waals surface area contributed by atoms with Crippen LogP contribution in [0, 0.1) is 12.8 Å². The highest BCUT2D eigenvalue weighted by Crippen LogP contribution is 2.27. The Morgan fingerprint density at radius 3 is 2.38 bits per heavy atom. The van der Waals surface area contributed by atoms with E-state index in [4.69, 9.17) is 4.74 Å². The average Bonchev–Trinajstić information content (AvgIpc) is 2.57. The van der Waals surface area contributed by atoms with Crippen LogP contribution >= 0.6 is 0 Å². The first-order valence-electron chi connectivity index (χ1n) is 9.02. The summed E-state index contributed by atoms with van der Waals surface area (Å²) in [5.74, 6) is -0.545. The molecule has 26 heavy (non-hydrogen) atoms. The van der Waals surface area contributed by atoms with Crippen LogP contribution < -0.4 is 10.6 Å². The predicted octanol–water partition coefficient (Wildman–Crippen LogP) is 3.15. The molecule has 1 aromatic carbocycles. The molecular weight excluding hydrogens is 332 g/mol. The summed E-state index contributed by atoms with van der Waals surface area (Å²) in [5.41, 5.74) is 2.74. The van der Waals surface area contributed by atoms with E-state index in [2.05, 4.69) is 10.6 Å². The summed E-state index contributed by atoms with van der Waals surface area (Å²) in [4.78, 5) is 35.3. The molecule has 0 aliphatic carbocycles. The number of para-hydroxylation sites is 1. The van der Waals surface area contributed by atoms with Crippen LogP contribution in [0.3, 0.4) is 0 Å². The Balaban J connectivity index is 2.43. The monoisotopic (exact) mass is 362 g/mol. The summed E-state index contributed by atoms with van der Waals surface area (Å²) >= 11 is 0. The molecule has 0 saturated carbocycles. The van der Waals surface area contributed by atoms with Crippen LogP contribution in [-0.4, -0.2) is 30.9 Å². The number of aryl methyl sites for hydroxylation is 1. The number of benzene rings is 1. The lowest BCUT2D eigenvalue weighted by molar-refractivity contribution is -0.147. The van der Waals surface area contributed by atoms with Gasteiger partial charge in [0.1, 0.15) is 6.54 Å². The van der Waals surface area contributed by atoms with Crippen LogP contribution in [0.5, 0.6) is 0 Å². The van der Waals surface area contributed by atoms with Gasteiger partial charge < -0.3 is 15.4 Å². The van der Waals surface area contributed by atoms with E-state index in [-0.39, 0.29) is 25.0 Å². The van der Waals surface area contributed by atoms with Gasteiger partial charge in [-0.05, 0) is 36.3 Å². The van der Waals surface area contributed by atoms with Gasteiger partial charge in [0.05, 0.1) is 0 Å². The molecule has 0 aromatic heterocycles. The highest BCUT2D eigenvalue weighted by atomic mass is 16.5. The van der Waals surface area contributed by atoms with Crippen molar-refractivity contribution in [3.8, 4) is 0 Å². The molecule has 0 saturated heterocycles. The van der Waals surface area contributed by atoms with Crippen LogP contribution in [0.1, 0.15) is 57.6 Å². The second kappa shape index (κ2) is 10.6. The number of rotatable bonds is 9. The zero-order valence-electron chi connectivity index (χ0n) is 16.3. The minimum atomic E-state index is -0.632. The zero-order valence-corrected chi connectivity index (χ0v) is 16.3. The largest absolute Gasteiger partial charge is 0.454 e. The van der Waals surface area contributed by atoms with E-state index in [1.54, 1.807) is 0 Å². The smallest absolute Gasteiger partial charge is 0.325 e. The Labute approximate surface area is 155 Å².